The smallest absolute Gasteiger partial charge is 0.411 e. The lowest BCUT2D eigenvalue weighted by molar-refractivity contribution is -0.121. The number of ether oxygens (including phenoxy) is 3. The second-order valence-electron chi connectivity index (χ2n) is 14.2. The number of nitrogens with two attached hydrogens (primary N) is 2. The number of benzene rings is 4. The molecule has 4 atom stereocenters. The van der Waals surface area contributed by atoms with Crippen LogP contribution in [0.4, 0.5) is 22.8 Å². The summed E-state index contributed by atoms with van der Waals surface area (Å²) in [5.74, 6) is -1.40. The van der Waals surface area contributed by atoms with Gasteiger partial charge in [-0.1, -0.05) is 48.5 Å². The van der Waals surface area contributed by atoms with Crippen molar-refractivity contribution in [2.24, 2.45) is 11.5 Å². The van der Waals surface area contributed by atoms with Gasteiger partial charge < -0.3 is 35.5 Å². The minimum Gasteiger partial charge on any atom is -0.497 e. The highest BCUT2D eigenvalue weighted by atomic mass is 19.1. The Morgan fingerprint density at radius 2 is 1.11 bits per heavy atom. The summed E-state index contributed by atoms with van der Waals surface area (Å²) in [5, 5.41) is 0. The Labute approximate surface area is 329 Å². The number of primary amides is 2. The van der Waals surface area contributed by atoms with Gasteiger partial charge in [0, 0.05) is 51.6 Å². The highest BCUT2D eigenvalue weighted by Gasteiger charge is 2.45. The average Bonchev–Trinajstić information content (AvgIpc) is 3.19. The number of halogens is 3. The summed E-state index contributed by atoms with van der Waals surface area (Å²) in [4.78, 5) is 51.6. The van der Waals surface area contributed by atoms with Crippen molar-refractivity contribution >= 4 is 24.0 Å². The molecule has 4 amide bonds. The zero-order chi connectivity index (χ0) is 41.3. The fraction of sp³-hybridized carbons (Fsp3) is 0.349. The van der Waals surface area contributed by atoms with Crippen LogP contribution in [0.3, 0.4) is 0 Å². The van der Waals surface area contributed by atoms with Gasteiger partial charge in [-0.2, -0.15) is 0 Å². The molecule has 4 aromatic carbocycles. The van der Waals surface area contributed by atoms with Crippen molar-refractivity contribution in [3.05, 3.63) is 137 Å². The third-order valence-corrected chi connectivity index (χ3v) is 10.7. The van der Waals surface area contributed by atoms with Gasteiger partial charge in [0.25, 0.3) is 0 Å². The van der Waals surface area contributed by atoms with E-state index in [9.17, 15) is 32.3 Å². The maximum atomic E-state index is 13.5. The van der Waals surface area contributed by atoms with E-state index in [0.29, 0.717) is 42.6 Å². The van der Waals surface area contributed by atoms with Crippen molar-refractivity contribution in [3.8, 4) is 5.75 Å². The minimum atomic E-state index is -1.06. The molecule has 2 aliphatic rings. The summed E-state index contributed by atoms with van der Waals surface area (Å²) in [6.45, 7) is 4.50. The van der Waals surface area contributed by atoms with Gasteiger partial charge in [0.2, 0.25) is 11.8 Å². The standard InChI is InChI=1S/C22H25FN2O4.C21H22F2N2O3/c1-15(16-3-9-19(28-2)10-4-16)25-14-13-22(29-21(25)27,12-11-20(24)26)17-5-7-18(23)8-6-17;1-14(15-3-2-4-18(23)13-15)25-12-11-21(28-20(25)27,10-9-19(24)26)16-5-7-17(22)8-6-16/h3-10,15H,11-14H2,1-2H3,(H2,24,26);2-8,13-14H,9-12H2,1H3,(H2,24,26)/t15-,22+;14-,21+/m00/s1. The van der Waals surface area contributed by atoms with Crippen LogP contribution in [0.1, 0.15) is 86.7 Å². The van der Waals surface area contributed by atoms with Crippen molar-refractivity contribution in [2.45, 2.75) is 75.7 Å². The monoisotopic (exact) mass is 788 g/mol. The predicted octanol–water partition coefficient (Wildman–Crippen LogP) is 7.93. The van der Waals surface area contributed by atoms with Crippen molar-refractivity contribution in [2.75, 3.05) is 20.2 Å². The van der Waals surface area contributed by atoms with Crippen LogP contribution >= 0.6 is 0 Å². The van der Waals surface area contributed by atoms with Crippen molar-refractivity contribution in [1.29, 1.82) is 0 Å². The number of carbonyl (C=O) groups excluding carboxylic acids is 4. The number of amides is 4. The number of methoxy groups -OCH3 is 1. The molecule has 4 N–H and O–H groups in total. The Hall–Kier alpha value is -6.05. The molecule has 0 saturated carbocycles. The Balaban J connectivity index is 0.000000218. The third-order valence-electron chi connectivity index (χ3n) is 10.7. The molecular formula is C43H47F3N4O7. The summed E-state index contributed by atoms with van der Waals surface area (Å²) < 4.78 is 57.1. The first kappa shape index (κ1) is 42.1. The molecule has 0 bridgehead atoms. The number of rotatable bonds is 13. The number of cyclic esters (lactones) is 2. The van der Waals surface area contributed by atoms with Crippen LogP contribution in [-0.2, 0) is 30.3 Å². The van der Waals surface area contributed by atoms with Gasteiger partial charge >= 0.3 is 12.2 Å². The summed E-state index contributed by atoms with van der Waals surface area (Å²) in [6.07, 6.45) is 0.384. The molecule has 0 aromatic heterocycles. The van der Waals surface area contributed by atoms with Gasteiger partial charge in [-0.25, -0.2) is 22.8 Å². The molecule has 4 aromatic rings. The van der Waals surface area contributed by atoms with Crippen LogP contribution in [0.5, 0.6) is 5.75 Å². The van der Waals surface area contributed by atoms with E-state index in [2.05, 4.69) is 0 Å². The lowest BCUT2D eigenvalue weighted by Gasteiger charge is -2.43. The van der Waals surface area contributed by atoms with Gasteiger partial charge in [-0.05, 0) is 84.6 Å². The van der Waals surface area contributed by atoms with E-state index >= 15 is 0 Å². The van der Waals surface area contributed by atoms with Crippen LogP contribution in [-0.4, -0.2) is 54.0 Å². The Kier molecular flexibility index (Phi) is 13.5. The lowest BCUT2D eigenvalue weighted by Crippen LogP contribution is -2.49. The normalized spacial score (nSPS) is 20.3. The van der Waals surface area contributed by atoms with Crippen LogP contribution in [0.2, 0.25) is 0 Å². The second kappa shape index (κ2) is 18.3. The Bertz CT molecular complexity index is 2030. The van der Waals surface area contributed by atoms with E-state index in [4.69, 9.17) is 25.7 Å². The predicted molar refractivity (Wildman–Crippen MR) is 205 cm³/mol. The molecule has 14 heteroatoms. The summed E-state index contributed by atoms with van der Waals surface area (Å²) in [6, 6.07) is 24.5. The molecule has 0 unspecified atom stereocenters. The zero-order valence-corrected chi connectivity index (χ0v) is 32.1. The second-order valence-corrected chi connectivity index (χ2v) is 14.2. The highest BCUT2D eigenvalue weighted by molar-refractivity contribution is 5.75. The first-order chi connectivity index (χ1) is 27.1. The fourth-order valence-corrected chi connectivity index (χ4v) is 7.26. The molecule has 11 nitrogen and oxygen atoms in total. The van der Waals surface area contributed by atoms with Crippen LogP contribution < -0.4 is 16.2 Å². The first-order valence-electron chi connectivity index (χ1n) is 18.6. The van der Waals surface area contributed by atoms with Crippen LogP contribution in [0.25, 0.3) is 0 Å². The SMILES string of the molecule is COc1ccc([C@H](C)N2CC[C@](CCC(N)=O)(c3ccc(F)cc3)OC2=O)cc1.C[C@@H](c1cccc(F)c1)N1CC[C@](CCC(N)=O)(c2ccc(F)cc2)OC1=O. The first-order valence-corrected chi connectivity index (χ1v) is 18.6. The molecule has 302 valence electrons. The lowest BCUT2D eigenvalue weighted by atomic mass is 9.84. The van der Waals surface area contributed by atoms with Crippen molar-refractivity contribution in [1.82, 2.24) is 9.80 Å². The minimum absolute atomic E-state index is 0.0319. The van der Waals surface area contributed by atoms with E-state index in [1.807, 2.05) is 31.2 Å². The Morgan fingerprint density at radius 3 is 1.49 bits per heavy atom. The quantitative estimate of drug-likeness (QED) is 0.140. The third kappa shape index (κ3) is 10.2. The molecule has 57 heavy (non-hydrogen) atoms. The van der Waals surface area contributed by atoms with Gasteiger partial charge in [0.15, 0.2) is 0 Å². The number of nitrogens with zero attached hydrogens (tertiary/aromatic N) is 2. The number of carbonyl (C=O) groups is 4. The summed E-state index contributed by atoms with van der Waals surface area (Å²) in [5.41, 5.74) is 11.4. The maximum Gasteiger partial charge on any atom is 0.411 e. The molecule has 2 heterocycles. The van der Waals surface area contributed by atoms with Gasteiger partial charge in [0.05, 0.1) is 19.2 Å². The molecule has 0 aliphatic carbocycles. The largest absolute Gasteiger partial charge is 0.497 e. The van der Waals surface area contributed by atoms with Crippen LogP contribution in [0.15, 0.2) is 97.1 Å². The Morgan fingerprint density at radius 1 is 0.667 bits per heavy atom. The van der Waals surface area contributed by atoms with E-state index in [0.717, 1.165) is 11.3 Å². The molecule has 2 aliphatic heterocycles. The highest BCUT2D eigenvalue weighted by Crippen LogP contribution is 2.42. The van der Waals surface area contributed by atoms with E-state index in [1.54, 1.807) is 55.3 Å². The summed E-state index contributed by atoms with van der Waals surface area (Å²) >= 11 is 0. The molecule has 6 rings (SSSR count). The number of hydrogen-bond donors (Lipinski definition) is 2. The van der Waals surface area contributed by atoms with Crippen molar-refractivity contribution < 1.29 is 46.6 Å². The maximum absolute atomic E-state index is 13.5. The van der Waals surface area contributed by atoms with Gasteiger partial charge in [-0.15, -0.1) is 0 Å². The molecule has 2 fully saturated rings. The average molecular weight is 789 g/mol. The molecule has 2 saturated heterocycles. The summed E-state index contributed by atoms with van der Waals surface area (Å²) in [7, 11) is 1.60. The molecular weight excluding hydrogens is 741 g/mol. The van der Waals surface area contributed by atoms with E-state index in [1.165, 1.54) is 41.3 Å². The molecule has 0 radical (unpaired) electrons. The van der Waals surface area contributed by atoms with Crippen LogP contribution in [0, 0.1) is 17.5 Å². The van der Waals surface area contributed by atoms with Gasteiger partial charge in [0.1, 0.15) is 34.4 Å². The van der Waals surface area contributed by atoms with E-state index in [-0.39, 0.29) is 49.4 Å². The fourth-order valence-electron chi connectivity index (χ4n) is 7.26. The zero-order valence-electron chi connectivity index (χ0n) is 32.1. The number of hydrogen-bond acceptors (Lipinski definition) is 7. The van der Waals surface area contributed by atoms with Gasteiger partial charge in [-0.3, -0.25) is 9.59 Å². The topological polar surface area (TPSA) is 154 Å². The molecule has 0 spiro atoms. The van der Waals surface area contributed by atoms with E-state index < -0.39 is 41.0 Å². The van der Waals surface area contributed by atoms with Crippen molar-refractivity contribution in [3.63, 3.8) is 0 Å².